The second-order valence-electron chi connectivity index (χ2n) is 6.25. The van der Waals surface area contributed by atoms with Crippen molar-refractivity contribution in [2.24, 2.45) is 4.99 Å². The first-order chi connectivity index (χ1) is 12.3. The van der Waals surface area contributed by atoms with Gasteiger partial charge in [-0.05, 0) is 32.6 Å². The molecule has 0 spiro atoms. The molecule has 0 bridgehead atoms. The predicted molar refractivity (Wildman–Crippen MR) is 97.7 cm³/mol. The minimum Gasteiger partial charge on any atom is -0.385 e. The molecule has 8 nitrogen and oxygen atoms in total. The molecule has 0 aromatic carbocycles. The number of aromatic nitrogens is 3. The smallest absolute Gasteiger partial charge is 0.191 e. The molecule has 0 aliphatic carbocycles. The van der Waals surface area contributed by atoms with E-state index in [0.717, 1.165) is 76.0 Å². The first-order valence-electron chi connectivity index (χ1n) is 9.22. The Balaban J connectivity index is 1.82. The van der Waals surface area contributed by atoms with Gasteiger partial charge in [-0.15, -0.1) is 0 Å². The van der Waals surface area contributed by atoms with E-state index in [2.05, 4.69) is 32.6 Å². The molecule has 25 heavy (non-hydrogen) atoms. The van der Waals surface area contributed by atoms with Gasteiger partial charge in [0.25, 0.3) is 0 Å². The topological polar surface area (TPSA) is 85.6 Å². The number of unbranched alkanes of at least 4 members (excludes halogenated alkanes) is 2. The van der Waals surface area contributed by atoms with E-state index in [1.165, 1.54) is 0 Å². The predicted octanol–water partition coefficient (Wildman–Crippen LogP) is 1.11. The minimum atomic E-state index is 0.316. The van der Waals surface area contributed by atoms with Crippen molar-refractivity contribution >= 4 is 5.96 Å². The molecule has 1 aromatic heterocycles. The summed E-state index contributed by atoms with van der Waals surface area (Å²) in [7, 11) is 3.41. The van der Waals surface area contributed by atoms with Gasteiger partial charge >= 0.3 is 0 Å². The number of hydrogen-bond donors (Lipinski definition) is 2. The van der Waals surface area contributed by atoms with Crippen molar-refractivity contribution in [3.63, 3.8) is 0 Å². The number of guanidine groups is 1. The van der Waals surface area contributed by atoms with Crippen LogP contribution >= 0.6 is 0 Å². The third-order valence-electron chi connectivity index (χ3n) is 4.14. The number of fused-ring (bicyclic) bond motifs is 1. The molecule has 1 aliphatic heterocycles. The molecule has 142 valence electrons. The average molecular weight is 352 g/mol. The lowest BCUT2D eigenvalue weighted by atomic mass is 10.1. The van der Waals surface area contributed by atoms with Crippen LogP contribution in [0, 0.1) is 0 Å². The summed E-state index contributed by atoms with van der Waals surface area (Å²) in [4.78, 5) is 9.20. The zero-order chi connectivity index (χ0) is 17.9. The molecule has 2 rings (SSSR count). The average Bonchev–Trinajstić information content (AvgIpc) is 3.00. The molecular weight excluding hydrogens is 320 g/mol. The summed E-state index contributed by atoms with van der Waals surface area (Å²) < 4.78 is 12.2. The van der Waals surface area contributed by atoms with Gasteiger partial charge in [0.1, 0.15) is 12.4 Å². The largest absolute Gasteiger partial charge is 0.385 e. The van der Waals surface area contributed by atoms with E-state index in [-0.39, 0.29) is 0 Å². The van der Waals surface area contributed by atoms with E-state index >= 15 is 0 Å². The lowest BCUT2D eigenvalue weighted by Crippen LogP contribution is -2.47. The number of ether oxygens (including phenoxy) is 2. The van der Waals surface area contributed by atoms with E-state index in [0.29, 0.717) is 12.6 Å². The normalized spacial score (nSPS) is 17.4. The van der Waals surface area contributed by atoms with Crippen LogP contribution in [0.4, 0.5) is 0 Å². The minimum absolute atomic E-state index is 0.316. The van der Waals surface area contributed by atoms with Gasteiger partial charge in [-0.25, -0.2) is 9.67 Å². The molecule has 1 aromatic rings. The molecule has 0 saturated carbocycles. The fraction of sp³-hybridized carbons (Fsp3) is 0.824. The molecule has 1 aliphatic rings. The maximum Gasteiger partial charge on any atom is 0.191 e. The second kappa shape index (κ2) is 11.0. The van der Waals surface area contributed by atoms with Gasteiger partial charge in [0.15, 0.2) is 11.8 Å². The summed E-state index contributed by atoms with van der Waals surface area (Å²) in [6, 6.07) is 0.316. The monoisotopic (exact) mass is 352 g/mol. The molecular formula is C17H32N6O2. The Hall–Kier alpha value is -1.67. The molecule has 0 radical (unpaired) electrons. The Morgan fingerprint density at radius 3 is 2.92 bits per heavy atom. The van der Waals surface area contributed by atoms with E-state index in [9.17, 15) is 0 Å². The highest BCUT2D eigenvalue weighted by atomic mass is 16.5. The Morgan fingerprint density at radius 2 is 2.16 bits per heavy atom. The fourth-order valence-electron chi connectivity index (χ4n) is 2.91. The van der Waals surface area contributed by atoms with Crippen LogP contribution in [0.1, 0.15) is 44.3 Å². The lowest BCUT2D eigenvalue weighted by molar-refractivity contribution is 0.177. The van der Waals surface area contributed by atoms with Crippen LogP contribution < -0.4 is 10.6 Å². The van der Waals surface area contributed by atoms with Crippen molar-refractivity contribution in [2.75, 3.05) is 33.9 Å². The van der Waals surface area contributed by atoms with E-state index in [1.807, 2.05) is 4.68 Å². The third kappa shape index (κ3) is 6.62. The van der Waals surface area contributed by atoms with Crippen LogP contribution in [0.5, 0.6) is 0 Å². The SMILES string of the molecule is CCNC(=NCCCCCOC)NC1CCc2nc(COC)nn2C1. The van der Waals surface area contributed by atoms with Crippen molar-refractivity contribution in [2.45, 2.75) is 58.2 Å². The van der Waals surface area contributed by atoms with E-state index < -0.39 is 0 Å². The van der Waals surface area contributed by atoms with Gasteiger partial charge in [-0.1, -0.05) is 0 Å². The number of aliphatic imine (C=N–C) groups is 1. The van der Waals surface area contributed by atoms with Crippen LogP contribution in [0.3, 0.4) is 0 Å². The molecule has 1 unspecified atom stereocenters. The number of nitrogens with one attached hydrogen (secondary N) is 2. The van der Waals surface area contributed by atoms with Crippen LogP contribution in [-0.4, -0.2) is 60.7 Å². The highest BCUT2D eigenvalue weighted by Crippen LogP contribution is 2.13. The van der Waals surface area contributed by atoms with Gasteiger partial charge in [0.05, 0.1) is 6.54 Å². The maximum atomic E-state index is 5.12. The zero-order valence-electron chi connectivity index (χ0n) is 15.8. The third-order valence-corrected chi connectivity index (χ3v) is 4.14. The Bertz CT molecular complexity index is 531. The molecule has 8 heteroatoms. The summed E-state index contributed by atoms with van der Waals surface area (Å²) >= 11 is 0. The maximum absolute atomic E-state index is 5.12. The Labute approximate surface area is 150 Å². The number of hydrogen-bond acceptors (Lipinski definition) is 5. The number of nitrogens with zero attached hydrogens (tertiary/aromatic N) is 4. The lowest BCUT2D eigenvalue weighted by Gasteiger charge is -2.25. The summed E-state index contributed by atoms with van der Waals surface area (Å²) in [5.74, 6) is 2.69. The number of rotatable bonds is 10. The summed E-state index contributed by atoms with van der Waals surface area (Å²) in [6.07, 6.45) is 5.27. The highest BCUT2D eigenvalue weighted by Gasteiger charge is 2.22. The first-order valence-corrected chi connectivity index (χ1v) is 9.22. The second-order valence-corrected chi connectivity index (χ2v) is 6.25. The van der Waals surface area contributed by atoms with Crippen molar-refractivity contribution in [3.8, 4) is 0 Å². The molecule has 2 heterocycles. The molecule has 0 fully saturated rings. The number of aryl methyl sites for hydroxylation is 1. The summed E-state index contributed by atoms with van der Waals surface area (Å²) in [5.41, 5.74) is 0. The van der Waals surface area contributed by atoms with Crippen molar-refractivity contribution in [1.29, 1.82) is 0 Å². The molecule has 0 saturated heterocycles. The van der Waals surface area contributed by atoms with E-state index in [4.69, 9.17) is 9.47 Å². The van der Waals surface area contributed by atoms with Gasteiger partial charge in [-0.2, -0.15) is 5.10 Å². The van der Waals surface area contributed by atoms with Crippen molar-refractivity contribution in [3.05, 3.63) is 11.6 Å². The quantitative estimate of drug-likeness (QED) is 0.373. The number of methoxy groups -OCH3 is 2. The summed E-state index contributed by atoms with van der Waals surface area (Å²) in [6.45, 7) is 5.88. The van der Waals surface area contributed by atoms with Crippen LogP contribution in [0.2, 0.25) is 0 Å². The Morgan fingerprint density at radius 1 is 1.28 bits per heavy atom. The fourth-order valence-corrected chi connectivity index (χ4v) is 2.91. The van der Waals surface area contributed by atoms with Gasteiger partial charge in [0, 0.05) is 46.4 Å². The Kier molecular flexibility index (Phi) is 8.68. The molecule has 1 atom stereocenters. The standard InChI is InChI=1S/C17H32N6O2/c1-4-18-17(19-10-6-5-7-11-24-2)20-14-8-9-16-21-15(13-25-3)22-23(16)12-14/h14H,4-13H2,1-3H3,(H2,18,19,20). The van der Waals surface area contributed by atoms with Crippen LogP contribution in [0.25, 0.3) is 0 Å². The van der Waals surface area contributed by atoms with E-state index in [1.54, 1.807) is 14.2 Å². The zero-order valence-corrected chi connectivity index (χ0v) is 15.8. The van der Waals surface area contributed by atoms with Crippen LogP contribution in [0.15, 0.2) is 4.99 Å². The van der Waals surface area contributed by atoms with Crippen LogP contribution in [-0.2, 0) is 29.0 Å². The van der Waals surface area contributed by atoms with Gasteiger partial charge < -0.3 is 20.1 Å². The van der Waals surface area contributed by atoms with Crippen molar-refractivity contribution < 1.29 is 9.47 Å². The summed E-state index contributed by atoms with van der Waals surface area (Å²) in [5, 5.41) is 11.4. The highest BCUT2D eigenvalue weighted by molar-refractivity contribution is 5.80. The van der Waals surface area contributed by atoms with Crippen molar-refractivity contribution in [1.82, 2.24) is 25.4 Å². The first kappa shape index (κ1) is 19.7. The molecule has 0 amide bonds. The van der Waals surface area contributed by atoms with Gasteiger partial charge in [-0.3, -0.25) is 4.99 Å². The molecule has 2 N–H and O–H groups in total. The van der Waals surface area contributed by atoms with Gasteiger partial charge in [0.2, 0.25) is 0 Å².